The summed E-state index contributed by atoms with van der Waals surface area (Å²) in [6.45, 7) is 11.7. The number of likely N-dealkylation sites (tertiary alicyclic amines) is 2. The SMILES string of the molecule is COc1ccc2c(c1)OC[C@@H](c1ccc(-c3ccccc3)cc1)[C@H]2c1ccc(OCCN2CCCC2)cc1.COc1ccc2c(c1)OC[C@@H](c1ccc(C)cc1)[C@H]2c1ccc(OCCN2CCCC2)cc1. The lowest BCUT2D eigenvalue weighted by atomic mass is 9.75. The molecule has 0 spiro atoms. The van der Waals surface area contributed by atoms with E-state index in [0.717, 1.165) is 60.8 Å². The fourth-order valence-corrected chi connectivity index (χ4v) is 10.9. The van der Waals surface area contributed by atoms with Crippen molar-refractivity contribution < 1.29 is 28.4 Å². The van der Waals surface area contributed by atoms with E-state index in [0.29, 0.717) is 13.2 Å². The summed E-state index contributed by atoms with van der Waals surface area (Å²) in [5.74, 6) is 6.14. The molecule has 2 fully saturated rings. The molecule has 11 rings (SSSR count). The second kappa shape index (κ2) is 23.0. The van der Waals surface area contributed by atoms with Crippen LogP contribution in [0.2, 0.25) is 0 Å². The number of hydrogen-bond acceptors (Lipinski definition) is 8. The van der Waals surface area contributed by atoms with E-state index in [1.54, 1.807) is 14.2 Å². The largest absolute Gasteiger partial charge is 0.497 e. The molecular formula is C63H68N2O6. The lowest BCUT2D eigenvalue weighted by Gasteiger charge is -2.35. The van der Waals surface area contributed by atoms with E-state index in [2.05, 4.69) is 156 Å². The first-order valence-electron chi connectivity index (χ1n) is 25.7. The number of ether oxygens (including phenoxy) is 6. The highest BCUT2D eigenvalue weighted by Crippen LogP contribution is 2.49. The van der Waals surface area contributed by atoms with Crippen molar-refractivity contribution in [2.75, 3.05) is 79.9 Å². The summed E-state index contributed by atoms with van der Waals surface area (Å²) in [5, 5.41) is 0. The quantitative estimate of drug-likeness (QED) is 0.101. The van der Waals surface area contributed by atoms with Crippen LogP contribution in [-0.2, 0) is 0 Å². The zero-order valence-electron chi connectivity index (χ0n) is 41.6. The molecule has 0 aliphatic carbocycles. The fraction of sp³-hybridized carbons (Fsp3) is 0.333. The maximum Gasteiger partial charge on any atom is 0.126 e. The Morgan fingerprint density at radius 1 is 0.437 bits per heavy atom. The van der Waals surface area contributed by atoms with Crippen molar-refractivity contribution in [2.24, 2.45) is 0 Å². The van der Waals surface area contributed by atoms with Gasteiger partial charge in [-0.3, -0.25) is 9.80 Å². The number of hydrogen-bond donors (Lipinski definition) is 0. The maximum atomic E-state index is 6.32. The Labute approximate surface area is 421 Å². The number of rotatable bonds is 15. The van der Waals surface area contributed by atoms with Gasteiger partial charge in [0.05, 0.1) is 27.4 Å². The average molecular weight is 949 g/mol. The van der Waals surface area contributed by atoms with Gasteiger partial charge in [-0.1, -0.05) is 121 Å². The molecule has 0 radical (unpaired) electrons. The molecule has 71 heavy (non-hydrogen) atoms. The standard InChI is InChI=1S/C34H35NO3.C29H33NO3/c1-36-30-17-18-31-33(23-30)38-24-32(27-11-9-26(10-12-27)25-7-3-2-4-8-25)34(31)28-13-15-29(16-14-28)37-22-21-35-19-5-6-20-35;1-21-5-7-22(8-6-21)27-20-33-28-19-25(31-2)13-14-26(28)29(27)23-9-11-24(12-10-23)32-18-17-30-15-3-4-16-30/h2-4,7-18,23,32,34H,5-6,19-22,24H2,1H3;5-14,19,27,29H,3-4,15-18,20H2,1-2H3/t32-,34-;27-,29-/m00/s1. The molecule has 7 aromatic rings. The van der Waals surface area contributed by atoms with Crippen LogP contribution in [0.15, 0.2) is 164 Å². The summed E-state index contributed by atoms with van der Waals surface area (Å²) < 4.78 is 35.6. The minimum absolute atomic E-state index is 0.172. The van der Waals surface area contributed by atoms with Gasteiger partial charge in [0, 0.05) is 60.0 Å². The van der Waals surface area contributed by atoms with Crippen LogP contribution < -0.4 is 28.4 Å². The van der Waals surface area contributed by atoms with Gasteiger partial charge in [-0.15, -0.1) is 0 Å². The average Bonchev–Trinajstić information content (AvgIpc) is 4.17. The monoisotopic (exact) mass is 949 g/mol. The molecule has 8 heteroatoms. The van der Waals surface area contributed by atoms with Crippen LogP contribution in [-0.4, -0.2) is 89.7 Å². The second-order valence-electron chi connectivity index (χ2n) is 19.4. The molecule has 0 aromatic heterocycles. The van der Waals surface area contributed by atoms with Crippen molar-refractivity contribution >= 4 is 0 Å². The van der Waals surface area contributed by atoms with Gasteiger partial charge in [0.2, 0.25) is 0 Å². The van der Waals surface area contributed by atoms with Gasteiger partial charge in [0.25, 0.3) is 0 Å². The van der Waals surface area contributed by atoms with Gasteiger partial charge in [0.1, 0.15) is 47.7 Å². The molecule has 0 N–H and O–H groups in total. The molecule has 0 bridgehead atoms. The van der Waals surface area contributed by atoms with Gasteiger partial charge in [-0.05, 0) is 129 Å². The van der Waals surface area contributed by atoms with Crippen LogP contribution >= 0.6 is 0 Å². The van der Waals surface area contributed by atoms with Crippen LogP contribution in [0.1, 0.15) is 88.3 Å². The Hall–Kier alpha value is -6.74. The van der Waals surface area contributed by atoms with Crippen LogP contribution in [0.25, 0.3) is 11.1 Å². The van der Waals surface area contributed by atoms with Crippen LogP contribution in [0, 0.1) is 6.92 Å². The van der Waals surface area contributed by atoms with E-state index >= 15 is 0 Å². The molecule has 0 unspecified atom stereocenters. The molecule has 4 atom stereocenters. The lowest BCUT2D eigenvalue weighted by Crippen LogP contribution is -2.25. The maximum absolute atomic E-state index is 6.32. The lowest BCUT2D eigenvalue weighted by molar-refractivity contribution is 0.237. The molecule has 0 saturated carbocycles. The van der Waals surface area contributed by atoms with Crippen molar-refractivity contribution in [1.82, 2.24) is 9.80 Å². The summed E-state index contributed by atoms with van der Waals surface area (Å²) >= 11 is 0. The second-order valence-corrected chi connectivity index (χ2v) is 19.4. The Balaban J connectivity index is 0.000000166. The highest BCUT2D eigenvalue weighted by molar-refractivity contribution is 5.64. The van der Waals surface area contributed by atoms with Crippen molar-refractivity contribution in [3.63, 3.8) is 0 Å². The van der Waals surface area contributed by atoms with Crippen molar-refractivity contribution in [3.8, 4) is 45.6 Å². The van der Waals surface area contributed by atoms with Gasteiger partial charge >= 0.3 is 0 Å². The molecule has 0 amide bonds. The normalized spacial score (nSPS) is 19.5. The van der Waals surface area contributed by atoms with E-state index in [1.165, 1.54) is 102 Å². The van der Waals surface area contributed by atoms with Crippen molar-refractivity contribution in [3.05, 3.63) is 203 Å². The number of nitrogens with zero attached hydrogens (tertiary/aromatic N) is 2. The van der Waals surface area contributed by atoms with E-state index < -0.39 is 0 Å². The van der Waals surface area contributed by atoms with Gasteiger partial charge < -0.3 is 28.4 Å². The third-order valence-corrected chi connectivity index (χ3v) is 14.9. The number of benzene rings is 7. The molecule has 4 heterocycles. The van der Waals surface area contributed by atoms with Gasteiger partial charge in [-0.2, -0.15) is 0 Å². The number of methoxy groups -OCH3 is 2. The molecule has 8 nitrogen and oxygen atoms in total. The van der Waals surface area contributed by atoms with Crippen LogP contribution in [0.4, 0.5) is 0 Å². The fourth-order valence-electron chi connectivity index (χ4n) is 10.9. The molecule has 4 aliphatic heterocycles. The first-order valence-corrected chi connectivity index (χ1v) is 25.7. The van der Waals surface area contributed by atoms with Crippen LogP contribution in [0.3, 0.4) is 0 Å². The molecule has 2 saturated heterocycles. The Bertz CT molecular complexity index is 2770. The molecule has 366 valence electrons. The Kier molecular flexibility index (Phi) is 15.5. The third-order valence-electron chi connectivity index (χ3n) is 14.9. The summed E-state index contributed by atoms with van der Waals surface area (Å²) in [6, 6.07) is 58.1. The smallest absolute Gasteiger partial charge is 0.126 e. The highest BCUT2D eigenvalue weighted by atomic mass is 16.5. The minimum atomic E-state index is 0.172. The summed E-state index contributed by atoms with van der Waals surface area (Å²) in [4.78, 5) is 4.96. The van der Waals surface area contributed by atoms with E-state index in [9.17, 15) is 0 Å². The van der Waals surface area contributed by atoms with Crippen molar-refractivity contribution in [2.45, 2.75) is 56.3 Å². The number of fused-ring (bicyclic) bond motifs is 2. The first kappa shape index (κ1) is 47.9. The summed E-state index contributed by atoms with van der Waals surface area (Å²) in [7, 11) is 3.39. The predicted octanol–water partition coefficient (Wildman–Crippen LogP) is 12.9. The predicted molar refractivity (Wildman–Crippen MR) is 284 cm³/mol. The molecule has 7 aromatic carbocycles. The zero-order chi connectivity index (χ0) is 48.4. The molecular weight excluding hydrogens is 881 g/mol. The third kappa shape index (κ3) is 11.6. The van der Waals surface area contributed by atoms with Gasteiger partial charge in [0.15, 0.2) is 0 Å². The topological polar surface area (TPSA) is 61.9 Å². The highest BCUT2D eigenvalue weighted by Gasteiger charge is 2.35. The number of aryl methyl sites for hydroxylation is 1. The zero-order valence-corrected chi connectivity index (χ0v) is 41.6. The Morgan fingerprint density at radius 3 is 1.27 bits per heavy atom. The summed E-state index contributed by atoms with van der Waals surface area (Å²) in [5.41, 5.74) is 11.3. The van der Waals surface area contributed by atoms with E-state index in [4.69, 9.17) is 28.4 Å². The van der Waals surface area contributed by atoms with E-state index in [-0.39, 0.29) is 23.7 Å². The minimum Gasteiger partial charge on any atom is -0.497 e. The summed E-state index contributed by atoms with van der Waals surface area (Å²) in [6.07, 6.45) is 5.25. The first-order chi connectivity index (χ1) is 35.0. The van der Waals surface area contributed by atoms with Crippen molar-refractivity contribution in [1.29, 1.82) is 0 Å². The Morgan fingerprint density at radius 2 is 0.831 bits per heavy atom. The van der Waals surface area contributed by atoms with E-state index in [1.807, 2.05) is 24.3 Å². The van der Waals surface area contributed by atoms with Gasteiger partial charge in [-0.25, -0.2) is 0 Å². The molecule has 4 aliphatic rings. The van der Waals surface area contributed by atoms with Crippen LogP contribution in [0.5, 0.6) is 34.5 Å².